The summed E-state index contributed by atoms with van der Waals surface area (Å²) in [5, 5.41) is 3.23. The molecule has 0 fully saturated rings. The maximum absolute atomic E-state index is 12.6. The first kappa shape index (κ1) is 26.5. The van der Waals surface area contributed by atoms with Crippen molar-refractivity contribution in [3.8, 4) is 0 Å². The molecule has 1 aromatic rings. The molecule has 0 aliphatic carbocycles. The molecule has 0 aromatic heterocycles. The number of carbonyl (C=O) groups excluding carboxylic acids is 3. The highest BCUT2D eigenvalue weighted by molar-refractivity contribution is 9.10. The van der Waals surface area contributed by atoms with Crippen molar-refractivity contribution in [1.29, 1.82) is 0 Å². The van der Waals surface area contributed by atoms with Crippen molar-refractivity contribution in [1.82, 2.24) is 4.90 Å². The molecule has 9 nitrogen and oxygen atoms in total. The summed E-state index contributed by atoms with van der Waals surface area (Å²) in [7, 11) is 1.29. The van der Waals surface area contributed by atoms with E-state index in [4.69, 9.17) is 19.9 Å². The van der Waals surface area contributed by atoms with Gasteiger partial charge < -0.3 is 30.2 Å². The van der Waals surface area contributed by atoms with E-state index in [1.807, 2.05) is 6.92 Å². The number of halogens is 1. The minimum absolute atomic E-state index is 0.0550. The number of nitrogens with zero attached hydrogens (tertiary/aromatic N) is 1. The van der Waals surface area contributed by atoms with E-state index in [0.29, 0.717) is 21.4 Å². The van der Waals surface area contributed by atoms with E-state index in [2.05, 4.69) is 21.2 Å². The molecular weight excluding hydrogens is 470 g/mol. The Balaban J connectivity index is 2.94. The Morgan fingerprint density at radius 3 is 2.42 bits per heavy atom. The van der Waals surface area contributed by atoms with E-state index in [1.54, 1.807) is 33.8 Å². The number of rotatable bonds is 9. The highest BCUT2D eigenvalue weighted by atomic mass is 79.9. The topological polar surface area (TPSA) is 120 Å². The van der Waals surface area contributed by atoms with Gasteiger partial charge in [0.1, 0.15) is 5.60 Å². The number of nitrogen functional groups attached to an aromatic ring is 1. The van der Waals surface area contributed by atoms with Crippen molar-refractivity contribution in [2.45, 2.75) is 52.7 Å². The number of anilines is 2. The lowest BCUT2D eigenvalue weighted by molar-refractivity contribution is -0.143. The smallest absolute Gasteiger partial charge is 0.410 e. The van der Waals surface area contributed by atoms with Crippen LogP contribution in [0.4, 0.5) is 16.2 Å². The Morgan fingerprint density at radius 1 is 1.26 bits per heavy atom. The molecule has 0 aliphatic heterocycles. The molecule has 0 aliphatic rings. The number of methoxy groups -OCH3 is 1. The van der Waals surface area contributed by atoms with Crippen LogP contribution in [0, 0.1) is 0 Å². The fourth-order valence-electron chi connectivity index (χ4n) is 2.68. The minimum Gasteiger partial charge on any atom is -0.466 e. The molecule has 0 saturated carbocycles. The van der Waals surface area contributed by atoms with Crippen LogP contribution in [0.3, 0.4) is 0 Å². The Morgan fingerprint density at radius 2 is 1.90 bits per heavy atom. The number of carbonyl (C=O) groups is 3. The molecule has 0 radical (unpaired) electrons. The van der Waals surface area contributed by atoms with Crippen LogP contribution in [0.5, 0.6) is 0 Å². The van der Waals surface area contributed by atoms with Crippen LogP contribution in [0.15, 0.2) is 16.6 Å². The Labute approximate surface area is 191 Å². The second kappa shape index (κ2) is 11.8. The van der Waals surface area contributed by atoms with Gasteiger partial charge in [0.25, 0.3) is 0 Å². The zero-order chi connectivity index (χ0) is 23.8. The van der Waals surface area contributed by atoms with Crippen molar-refractivity contribution in [2.24, 2.45) is 0 Å². The summed E-state index contributed by atoms with van der Waals surface area (Å²) >= 11 is 3.41. The van der Waals surface area contributed by atoms with E-state index in [1.165, 1.54) is 18.1 Å². The van der Waals surface area contributed by atoms with Crippen molar-refractivity contribution in [3.05, 3.63) is 22.2 Å². The van der Waals surface area contributed by atoms with Gasteiger partial charge in [0.2, 0.25) is 0 Å². The molecule has 3 N–H and O–H groups in total. The monoisotopic (exact) mass is 501 g/mol. The Bertz CT molecular complexity index is 771. The van der Waals surface area contributed by atoms with E-state index in [-0.39, 0.29) is 38.1 Å². The second-order valence-electron chi connectivity index (χ2n) is 7.94. The summed E-state index contributed by atoms with van der Waals surface area (Å²) in [6.45, 7) is 9.59. The molecule has 10 heteroatoms. The first-order valence-electron chi connectivity index (χ1n) is 9.95. The largest absolute Gasteiger partial charge is 0.466 e. The van der Waals surface area contributed by atoms with Crippen LogP contribution >= 0.6 is 15.9 Å². The zero-order valence-electron chi connectivity index (χ0n) is 18.9. The molecule has 31 heavy (non-hydrogen) atoms. The van der Waals surface area contributed by atoms with Gasteiger partial charge in [0, 0.05) is 23.6 Å². The first-order chi connectivity index (χ1) is 14.4. The van der Waals surface area contributed by atoms with Crippen molar-refractivity contribution in [3.63, 3.8) is 0 Å². The zero-order valence-corrected chi connectivity index (χ0v) is 20.5. The normalized spacial score (nSPS) is 12.0. The van der Waals surface area contributed by atoms with Gasteiger partial charge in [-0.25, -0.2) is 9.59 Å². The highest BCUT2D eigenvalue weighted by Gasteiger charge is 2.25. The first-order valence-corrected chi connectivity index (χ1v) is 10.7. The SMILES string of the molecule is CCOC(=O)CCN(C[C@@H](C)Nc1c(N)cc(C(=O)OC)cc1Br)C(=O)OC(C)(C)C. The quantitative estimate of drug-likeness (QED) is 0.297. The summed E-state index contributed by atoms with van der Waals surface area (Å²) in [5.41, 5.74) is 6.67. The summed E-state index contributed by atoms with van der Waals surface area (Å²) in [6, 6.07) is 2.86. The average Bonchev–Trinajstić information content (AvgIpc) is 2.65. The molecule has 0 bridgehead atoms. The van der Waals surface area contributed by atoms with Crippen molar-refractivity contribution in [2.75, 3.05) is 37.9 Å². The number of hydrogen-bond acceptors (Lipinski definition) is 8. The van der Waals surface area contributed by atoms with Crippen LogP contribution in [0.1, 0.15) is 51.4 Å². The molecule has 1 amide bonds. The van der Waals surface area contributed by atoms with Gasteiger partial charge in [-0.3, -0.25) is 4.79 Å². The molecule has 1 aromatic carbocycles. The lowest BCUT2D eigenvalue weighted by Gasteiger charge is -2.30. The predicted molar refractivity (Wildman–Crippen MR) is 122 cm³/mol. The van der Waals surface area contributed by atoms with Gasteiger partial charge >= 0.3 is 18.0 Å². The van der Waals surface area contributed by atoms with Gasteiger partial charge in [0.05, 0.1) is 37.1 Å². The lowest BCUT2D eigenvalue weighted by atomic mass is 10.1. The number of ether oxygens (including phenoxy) is 3. The van der Waals surface area contributed by atoms with Crippen LogP contribution in [0.2, 0.25) is 0 Å². The summed E-state index contributed by atoms with van der Waals surface area (Å²) in [6.07, 6.45) is -0.474. The third-order valence-corrected chi connectivity index (χ3v) is 4.60. The Hall–Kier alpha value is -2.49. The summed E-state index contributed by atoms with van der Waals surface area (Å²) < 4.78 is 15.7. The summed E-state index contributed by atoms with van der Waals surface area (Å²) in [5.74, 6) is -0.885. The predicted octanol–water partition coefficient (Wildman–Crippen LogP) is 3.81. The van der Waals surface area contributed by atoms with E-state index < -0.39 is 17.7 Å². The maximum atomic E-state index is 12.6. The number of nitrogens with two attached hydrogens (primary N) is 1. The standard InChI is InChI=1S/C21H32BrN3O6/c1-7-30-17(26)8-9-25(20(28)31-21(3,4)5)12-13(2)24-18-15(22)10-14(11-16(18)23)19(27)29-6/h10-11,13,24H,7-9,12,23H2,1-6H3/t13-/m1/s1. The van der Waals surface area contributed by atoms with Crippen LogP contribution in [-0.2, 0) is 19.0 Å². The van der Waals surface area contributed by atoms with Gasteiger partial charge in [-0.2, -0.15) is 0 Å². The molecule has 174 valence electrons. The maximum Gasteiger partial charge on any atom is 0.410 e. The second-order valence-corrected chi connectivity index (χ2v) is 8.79. The number of esters is 2. The van der Waals surface area contributed by atoms with E-state index >= 15 is 0 Å². The average molecular weight is 502 g/mol. The van der Waals surface area contributed by atoms with Gasteiger partial charge in [-0.05, 0) is 62.7 Å². The number of amides is 1. The molecular formula is C21H32BrN3O6. The number of hydrogen-bond donors (Lipinski definition) is 2. The molecule has 0 unspecified atom stereocenters. The minimum atomic E-state index is -0.674. The van der Waals surface area contributed by atoms with Crippen molar-refractivity contribution >= 4 is 45.3 Å². The van der Waals surface area contributed by atoms with Crippen molar-refractivity contribution < 1.29 is 28.6 Å². The fraction of sp³-hybridized carbons (Fsp3) is 0.571. The molecule has 0 saturated heterocycles. The van der Waals surface area contributed by atoms with Gasteiger partial charge in [0.15, 0.2) is 0 Å². The fourth-order valence-corrected chi connectivity index (χ4v) is 3.27. The molecule has 1 rings (SSSR count). The van der Waals surface area contributed by atoms with Gasteiger partial charge in [-0.15, -0.1) is 0 Å². The van der Waals surface area contributed by atoms with E-state index in [0.717, 1.165) is 0 Å². The highest BCUT2D eigenvalue weighted by Crippen LogP contribution is 2.31. The van der Waals surface area contributed by atoms with Crippen LogP contribution < -0.4 is 11.1 Å². The van der Waals surface area contributed by atoms with Gasteiger partial charge in [-0.1, -0.05) is 0 Å². The van der Waals surface area contributed by atoms with Crippen LogP contribution in [-0.4, -0.2) is 61.4 Å². The van der Waals surface area contributed by atoms with E-state index in [9.17, 15) is 14.4 Å². The number of nitrogens with one attached hydrogen (secondary N) is 1. The molecule has 0 heterocycles. The van der Waals surface area contributed by atoms with Crippen LogP contribution in [0.25, 0.3) is 0 Å². The molecule has 1 atom stereocenters. The number of benzene rings is 1. The molecule has 0 spiro atoms. The third-order valence-electron chi connectivity index (χ3n) is 3.97. The lowest BCUT2D eigenvalue weighted by Crippen LogP contribution is -2.43. The Kier molecular flexibility index (Phi) is 10.1. The third kappa shape index (κ3) is 9.04. The summed E-state index contributed by atoms with van der Waals surface area (Å²) in [4.78, 5) is 37.6.